The maximum Gasteiger partial charge on any atom is 0.262 e. The normalized spacial score (nSPS) is 10.2. The van der Waals surface area contributed by atoms with Gasteiger partial charge in [0.15, 0.2) is 6.61 Å². The van der Waals surface area contributed by atoms with E-state index < -0.39 is 0 Å². The highest BCUT2D eigenvalue weighted by Crippen LogP contribution is 2.23. The number of carbonyl (C=O) groups excluding carboxylic acids is 2. The first-order chi connectivity index (χ1) is 12.0. The number of hydrogen-bond acceptors (Lipinski definition) is 4. The van der Waals surface area contributed by atoms with Crippen molar-refractivity contribution in [2.75, 3.05) is 23.8 Å². The summed E-state index contributed by atoms with van der Waals surface area (Å²) in [5.74, 6) is 0.124. The second-order valence-electron chi connectivity index (χ2n) is 5.79. The molecule has 0 bridgehead atoms. The number of anilines is 2. The van der Waals surface area contributed by atoms with E-state index in [0.717, 1.165) is 11.1 Å². The van der Waals surface area contributed by atoms with Crippen LogP contribution in [0.25, 0.3) is 0 Å². The van der Waals surface area contributed by atoms with Gasteiger partial charge in [0.05, 0.1) is 11.4 Å². The summed E-state index contributed by atoms with van der Waals surface area (Å²) in [6.45, 7) is 4.04. The van der Waals surface area contributed by atoms with E-state index in [1.165, 1.54) is 0 Å². The van der Waals surface area contributed by atoms with Gasteiger partial charge in [-0.3, -0.25) is 9.59 Å². The number of nitrogens with two attached hydrogens (primary N) is 1. The van der Waals surface area contributed by atoms with Gasteiger partial charge in [-0.2, -0.15) is 0 Å². The molecule has 25 heavy (non-hydrogen) atoms. The van der Waals surface area contributed by atoms with Crippen LogP contribution in [0.5, 0.6) is 5.75 Å². The Morgan fingerprint density at radius 2 is 1.56 bits per heavy atom. The molecule has 0 fully saturated rings. The Kier molecular flexibility index (Phi) is 6.54. The first-order valence-electron chi connectivity index (χ1n) is 8.08. The predicted molar refractivity (Wildman–Crippen MR) is 98.8 cm³/mol. The van der Waals surface area contributed by atoms with E-state index in [0.29, 0.717) is 17.1 Å². The van der Waals surface area contributed by atoms with E-state index in [2.05, 4.69) is 10.6 Å². The Morgan fingerprint density at radius 1 is 0.920 bits per heavy atom. The zero-order valence-electron chi connectivity index (χ0n) is 14.5. The van der Waals surface area contributed by atoms with Crippen LogP contribution in [0.3, 0.4) is 0 Å². The van der Waals surface area contributed by atoms with Gasteiger partial charge in [0.2, 0.25) is 5.91 Å². The number of nitrogens with one attached hydrogen (secondary N) is 2. The third kappa shape index (κ3) is 5.93. The summed E-state index contributed by atoms with van der Waals surface area (Å²) >= 11 is 0. The van der Waals surface area contributed by atoms with Crippen molar-refractivity contribution in [3.63, 3.8) is 0 Å². The van der Waals surface area contributed by atoms with E-state index in [4.69, 9.17) is 10.5 Å². The van der Waals surface area contributed by atoms with Gasteiger partial charge >= 0.3 is 0 Å². The molecule has 2 amide bonds. The standard InChI is InChI=1S/C19H23N3O3/c1-13-3-6-15(7-4-13)25-12-19(24)21-16-8-5-14(2)11-17(16)22-18(23)9-10-20/h3-8,11H,9-10,12,20H2,1-2H3,(H,21,24)(H,22,23). The smallest absolute Gasteiger partial charge is 0.262 e. The number of aryl methyl sites for hydroxylation is 2. The van der Waals surface area contributed by atoms with Crippen LogP contribution in [0.2, 0.25) is 0 Å². The number of benzene rings is 2. The first-order valence-corrected chi connectivity index (χ1v) is 8.08. The Labute approximate surface area is 147 Å². The maximum atomic E-state index is 12.1. The summed E-state index contributed by atoms with van der Waals surface area (Å²) in [6, 6.07) is 12.9. The van der Waals surface area contributed by atoms with Crippen LogP contribution < -0.4 is 21.1 Å². The summed E-state index contributed by atoms with van der Waals surface area (Å²) in [5, 5.41) is 5.52. The molecule has 0 aliphatic rings. The molecule has 0 heterocycles. The van der Waals surface area contributed by atoms with Crippen LogP contribution in [0.4, 0.5) is 11.4 Å². The fourth-order valence-corrected chi connectivity index (χ4v) is 2.18. The molecule has 0 aromatic heterocycles. The summed E-state index contributed by atoms with van der Waals surface area (Å²) in [6.07, 6.45) is 0.220. The Bertz CT molecular complexity index is 742. The monoisotopic (exact) mass is 341 g/mol. The summed E-state index contributed by atoms with van der Waals surface area (Å²) < 4.78 is 5.46. The number of hydrogen-bond donors (Lipinski definition) is 3. The summed E-state index contributed by atoms with van der Waals surface area (Å²) in [7, 11) is 0. The molecule has 0 radical (unpaired) electrons. The fourth-order valence-electron chi connectivity index (χ4n) is 2.18. The lowest BCUT2D eigenvalue weighted by Crippen LogP contribution is -2.22. The number of carbonyl (C=O) groups is 2. The largest absolute Gasteiger partial charge is 0.484 e. The average molecular weight is 341 g/mol. The van der Waals surface area contributed by atoms with Crippen LogP contribution in [-0.2, 0) is 9.59 Å². The topological polar surface area (TPSA) is 93.5 Å². The van der Waals surface area contributed by atoms with Gasteiger partial charge < -0.3 is 21.1 Å². The van der Waals surface area contributed by atoms with E-state index in [1.807, 2.05) is 44.2 Å². The SMILES string of the molecule is Cc1ccc(OCC(=O)Nc2ccc(C)cc2NC(=O)CCN)cc1. The molecule has 0 unspecified atom stereocenters. The van der Waals surface area contributed by atoms with Crippen molar-refractivity contribution < 1.29 is 14.3 Å². The van der Waals surface area contributed by atoms with Crippen molar-refractivity contribution in [2.45, 2.75) is 20.3 Å². The van der Waals surface area contributed by atoms with Crippen molar-refractivity contribution in [3.8, 4) is 5.75 Å². The van der Waals surface area contributed by atoms with Crippen LogP contribution >= 0.6 is 0 Å². The van der Waals surface area contributed by atoms with Gasteiger partial charge in [-0.1, -0.05) is 23.8 Å². The molecule has 6 nitrogen and oxygen atoms in total. The van der Waals surface area contributed by atoms with Gasteiger partial charge in [0, 0.05) is 13.0 Å². The third-order valence-electron chi connectivity index (χ3n) is 3.49. The van der Waals surface area contributed by atoms with Crippen LogP contribution in [-0.4, -0.2) is 25.0 Å². The molecular weight excluding hydrogens is 318 g/mol. The van der Waals surface area contributed by atoms with Gasteiger partial charge in [0.25, 0.3) is 5.91 Å². The third-order valence-corrected chi connectivity index (χ3v) is 3.49. The molecular formula is C19H23N3O3. The van der Waals surface area contributed by atoms with Crippen LogP contribution in [0.15, 0.2) is 42.5 Å². The van der Waals surface area contributed by atoms with Crippen molar-refractivity contribution in [1.82, 2.24) is 0 Å². The minimum atomic E-state index is -0.307. The second-order valence-corrected chi connectivity index (χ2v) is 5.79. The lowest BCUT2D eigenvalue weighted by atomic mass is 10.2. The molecule has 2 aromatic carbocycles. The molecule has 4 N–H and O–H groups in total. The highest BCUT2D eigenvalue weighted by Gasteiger charge is 2.10. The molecule has 0 aliphatic heterocycles. The Morgan fingerprint density at radius 3 is 2.24 bits per heavy atom. The number of rotatable bonds is 7. The molecule has 132 valence electrons. The Balaban J connectivity index is 1.99. The van der Waals surface area contributed by atoms with E-state index in [-0.39, 0.29) is 31.4 Å². The van der Waals surface area contributed by atoms with Crippen LogP contribution in [0, 0.1) is 13.8 Å². The highest BCUT2D eigenvalue weighted by atomic mass is 16.5. The van der Waals surface area contributed by atoms with Gasteiger partial charge in [-0.25, -0.2) is 0 Å². The molecule has 0 atom stereocenters. The maximum absolute atomic E-state index is 12.1. The lowest BCUT2D eigenvalue weighted by Gasteiger charge is -2.13. The van der Waals surface area contributed by atoms with Crippen molar-refractivity contribution >= 4 is 23.2 Å². The summed E-state index contributed by atoms with van der Waals surface area (Å²) in [5.41, 5.74) is 8.54. The fraction of sp³-hybridized carbons (Fsp3) is 0.263. The van der Waals surface area contributed by atoms with Crippen molar-refractivity contribution in [3.05, 3.63) is 53.6 Å². The minimum absolute atomic E-state index is 0.118. The zero-order chi connectivity index (χ0) is 18.2. The Hall–Kier alpha value is -2.86. The number of ether oxygens (including phenoxy) is 1. The summed E-state index contributed by atoms with van der Waals surface area (Å²) in [4.78, 5) is 23.9. The van der Waals surface area contributed by atoms with E-state index in [9.17, 15) is 9.59 Å². The average Bonchev–Trinajstić information content (AvgIpc) is 2.57. The van der Waals surface area contributed by atoms with E-state index in [1.54, 1.807) is 12.1 Å². The molecule has 0 aliphatic carbocycles. The molecule has 6 heteroatoms. The molecule has 2 rings (SSSR count). The molecule has 0 spiro atoms. The molecule has 0 saturated carbocycles. The first kappa shape index (κ1) is 18.5. The van der Waals surface area contributed by atoms with Crippen molar-refractivity contribution in [2.24, 2.45) is 5.73 Å². The predicted octanol–water partition coefficient (Wildman–Crippen LogP) is 2.61. The van der Waals surface area contributed by atoms with Gasteiger partial charge in [-0.05, 0) is 43.7 Å². The molecule has 2 aromatic rings. The lowest BCUT2D eigenvalue weighted by molar-refractivity contribution is -0.118. The highest BCUT2D eigenvalue weighted by molar-refractivity contribution is 6.00. The second kappa shape index (κ2) is 8.84. The van der Waals surface area contributed by atoms with Crippen LogP contribution in [0.1, 0.15) is 17.5 Å². The number of amides is 2. The van der Waals surface area contributed by atoms with E-state index >= 15 is 0 Å². The van der Waals surface area contributed by atoms with Crippen molar-refractivity contribution in [1.29, 1.82) is 0 Å². The zero-order valence-corrected chi connectivity index (χ0v) is 14.5. The minimum Gasteiger partial charge on any atom is -0.484 e. The molecule has 0 saturated heterocycles. The quantitative estimate of drug-likeness (QED) is 0.721. The van der Waals surface area contributed by atoms with Gasteiger partial charge in [-0.15, -0.1) is 0 Å². The van der Waals surface area contributed by atoms with Gasteiger partial charge in [0.1, 0.15) is 5.75 Å².